The second kappa shape index (κ2) is 6.02. The molecule has 0 aliphatic rings. The first-order valence-corrected chi connectivity index (χ1v) is 7.18. The van der Waals surface area contributed by atoms with Gasteiger partial charge in [-0.25, -0.2) is 9.78 Å². The Morgan fingerprint density at radius 2 is 2.05 bits per heavy atom. The maximum atomic E-state index is 12.6. The van der Waals surface area contributed by atoms with E-state index in [0.29, 0.717) is 6.07 Å². The van der Waals surface area contributed by atoms with Crippen molar-refractivity contribution in [3.8, 4) is 0 Å². The fourth-order valence-corrected chi connectivity index (χ4v) is 2.96. The van der Waals surface area contributed by atoms with Gasteiger partial charge in [0, 0.05) is 4.88 Å². The molecule has 0 aliphatic heterocycles. The number of carboxylic acids is 1. The molecule has 0 amide bonds. The van der Waals surface area contributed by atoms with E-state index in [0.717, 1.165) is 14.7 Å². The van der Waals surface area contributed by atoms with Crippen molar-refractivity contribution in [2.45, 2.75) is 12.7 Å². The van der Waals surface area contributed by atoms with Gasteiger partial charge >= 0.3 is 12.1 Å². The molecule has 4 nitrogen and oxygen atoms in total. The van der Waals surface area contributed by atoms with Crippen LogP contribution in [0.25, 0.3) is 0 Å². The minimum absolute atomic E-state index is 0.185. The van der Waals surface area contributed by atoms with Crippen LogP contribution in [0.4, 0.5) is 19.0 Å². The third-order valence-electron chi connectivity index (χ3n) is 2.48. The van der Waals surface area contributed by atoms with E-state index in [1.54, 1.807) is 12.1 Å². The van der Waals surface area contributed by atoms with Gasteiger partial charge in [0.2, 0.25) is 0 Å². The highest BCUT2D eigenvalue weighted by Crippen LogP contribution is 2.30. The summed E-state index contributed by atoms with van der Waals surface area (Å²) in [7, 11) is 0. The van der Waals surface area contributed by atoms with Crippen LogP contribution in [-0.4, -0.2) is 16.1 Å². The molecule has 0 unspecified atom stereocenters. The lowest BCUT2D eigenvalue weighted by atomic mass is 10.2. The smallest absolute Gasteiger partial charge is 0.433 e. The largest absolute Gasteiger partial charge is 0.478 e. The zero-order valence-corrected chi connectivity index (χ0v) is 12.6. The Kier molecular flexibility index (Phi) is 4.52. The molecule has 2 N–H and O–H groups in total. The summed E-state index contributed by atoms with van der Waals surface area (Å²) in [5.41, 5.74) is -1.44. The fourth-order valence-electron chi connectivity index (χ4n) is 1.54. The molecule has 2 rings (SSSR count). The number of hydrogen-bond donors (Lipinski definition) is 2. The van der Waals surface area contributed by atoms with E-state index < -0.39 is 17.8 Å². The highest BCUT2D eigenvalue weighted by atomic mass is 79.9. The monoisotopic (exact) mass is 380 g/mol. The predicted octanol–water partition coefficient (Wildman–Crippen LogP) is 4.23. The van der Waals surface area contributed by atoms with Crippen LogP contribution >= 0.6 is 27.3 Å². The normalized spacial score (nSPS) is 11.4. The lowest BCUT2D eigenvalue weighted by Gasteiger charge is -2.11. The Morgan fingerprint density at radius 3 is 2.57 bits per heavy atom. The standard InChI is InChI=1S/C12H8BrF3N2O2S/c13-9-4-1-6(21-9)5-17-10-7(11(19)20)2-3-8(18-10)12(14,15)16/h1-4H,5H2,(H,17,18)(H,19,20). The molecule has 0 bridgehead atoms. The molecule has 2 aromatic heterocycles. The zero-order chi connectivity index (χ0) is 15.6. The van der Waals surface area contributed by atoms with Crippen LogP contribution in [0.15, 0.2) is 28.1 Å². The van der Waals surface area contributed by atoms with Crippen molar-refractivity contribution in [3.05, 3.63) is 44.2 Å². The molecule has 9 heteroatoms. The molecule has 0 radical (unpaired) electrons. The number of rotatable bonds is 4. The minimum Gasteiger partial charge on any atom is -0.478 e. The van der Waals surface area contributed by atoms with Gasteiger partial charge in [-0.3, -0.25) is 0 Å². The van der Waals surface area contributed by atoms with Gasteiger partial charge in [0.05, 0.1) is 10.3 Å². The third-order valence-corrected chi connectivity index (χ3v) is 4.10. The highest BCUT2D eigenvalue weighted by molar-refractivity contribution is 9.11. The number of pyridine rings is 1. The van der Waals surface area contributed by atoms with Crippen LogP contribution < -0.4 is 5.32 Å². The first-order chi connectivity index (χ1) is 9.77. The van der Waals surface area contributed by atoms with E-state index in [2.05, 4.69) is 26.2 Å². The first kappa shape index (κ1) is 15.8. The van der Waals surface area contributed by atoms with Crippen LogP contribution in [0.5, 0.6) is 0 Å². The number of anilines is 1. The van der Waals surface area contributed by atoms with Crippen molar-refractivity contribution in [3.63, 3.8) is 0 Å². The summed E-state index contributed by atoms with van der Waals surface area (Å²) < 4.78 is 38.7. The Bertz CT molecular complexity index is 673. The number of hydrogen-bond acceptors (Lipinski definition) is 4. The van der Waals surface area contributed by atoms with E-state index in [4.69, 9.17) is 5.11 Å². The van der Waals surface area contributed by atoms with Crippen molar-refractivity contribution in [2.75, 3.05) is 5.32 Å². The topological polar surface area (TPSA) is 62.2 Å². The molecule has 0 atom stereocenters. The number of carboxylic acid groups (broad SMARTS) is 1. The van der Waals surface area contributed by atoms with Crippen LogP contribution in [0, 0.1) is 0 Å². The van der Waals surface area contributed by atoms with Gasteiger partial charge in [0.25, 0.3) is 0 Å². The molecule has 0 saturated carbocycles. The number of nitrogens with one attached hydrogen (secondary N) is 1. The van der Waals surface area contributed by atoms with Gasteiger partial charge in [-0.15, -0.1) is 11.3 Å². The second-order valence-corrected chi connectivity index (χ2v) is 6.50. The van der Waals surface area contributed by atoms with Gasteiger partial charge in [-0.1, -0.05) is 0 Å². The fraction of sp³-hybridized carbons (Fsp3) is 0.167. The number of aromatic carboxylic acids is 1. The Hall–Kier alpha value is -1.61. The average molecular weight is 381 g/mol. The molecule has 21 heavy (non-hydrogen) atoms. The maximum Gasteiger partial charge on any atom is 0.433 e. The first-order valence-electron chi connectivity index (χ1n) is 5.57. The van der Waals surface area contributed by atoms with Crippen LogP contribution in [-0.2, 0) is 12.7 Å². The van der Waals surface area contributed by atoms with Gasteiger partial charge < -0.3 is 10.4 Å². The van der Waals surface area contributed by atoms with E-state index in [1.807, 2.05) is 0 Å². The van der Waals surface area contributed by atoms with Crippen molar-refractivity contribution >= 4 is 39.1 Å². The lowest BCUT2D eigenvalue weighted by molar-refractivity contribution is -0.141. The molecular formula is C12H8BrF3N2O2S. The van der Waals surface area contributed by atoms with E-state index in [1.165, 1.54) is 11.3 Å². The van der Waals surface area contributed by atoms with E-state index in [-0.39, 0.29) is 17.9 Å². The summed E-state index contributed by atoms with van der Waals surface area (Å²) in [4.78, 5) is 15.2. The Morgan fingerprint density at radius 1 is 1.33 bits per heavy atom. The van der Waals surface area contributed by atoms with Crippen molar-refractivity contribution < 1.29 is 23.1 Å². The van der Waals surface area contributed by atoms with Gasteiger partial charge in [-0.05, 0) is 40.2 Å². The highest BCUT2D eigenvalue weighted by Gasteiger charge is 2.33. The molecule has 2 aromatic rings. The molecule has 0 fully saturated rings. The lowest BCUT2D eigenvalue weighted by Crippen LogP contribution is -2.14. The van der Waals surface area contributed by atoms with E-state index >= 15 is 0 Å². The van der Waals surface area contributed by atoms with Crippen molar-refractivity contribution in [1.29, 1.82) is 0 Å². The molecule has 0 aromatic carbocycles. The Labute approximate surface area is 129 Å². The summed E-state index contributed by atoms with van der Waals surface area (Å²) in [6.45, 7) is 0.185. The molecule has 2 heterocycles. The summed E-state index contributed by atoms with van der Waals surface area (Å²) in [6.07, 6.45) is -4.63. The predicted molar refractivity (Wildman–Crippen MR) is 75.5 cm³/mol. The number of nitrogens with zero attached hydrogens (tertiary/aromatic N) is 1. The van der Waals surface area contributed by atoms with Gasteiger partial charge in [0.15, 0.2) is 0 Å². The third kappa shape index (κ3) is 3.94. The number of carbonyl (C=O) groups is 1. The summed E-state index contributed by atoms with van der Waals surface area (Å²) in [5.74, 6) is -1.65. The molecule has 0 saturated heterocycles. The number of alkyl halides is 3. The number of halogens is 4. The summed E-state index contributed by atoms with van der Waals surface area (Å²) >= 11 is 4.65. The van der Waals surface area contributed by atoms with Gasteiger partial charge in [0.1, 0.15) is 17.1 Å². The zero-order valence-electron chi connectivity index (χ0n) is 10.2. The van der Waals surface area contributed by atoms with Crippen LogP contribution in [0.1, 0.15) is 20.9 Å². The van der Waals surface area contributed by atoms with Crippen molar-refractivity contribution in [1.82, 2.24) is 4.98 Å². The molecule has 0 aliphatic carbocycles. The Balaban J connectivity index is 2.28. The quantitative estimate of drug-likeness (QED) is 0.832. The number of aromatic nitrogens is 1. The summed E-state index contributed by atoms with van der Waals surface area (Å²) in [5, 5.41) is 11.6. The average Bonchev–Trinajstić information content (AvgIpc) is 2.80. The van der Waals surface area contributed by atoms with Crippen molar-refractivity contribution in [2.24, 2.45) is 0 Å². The summed E-state index contributed by atoms with van der Waals surface area (Å²) in [6, 6.07) is 5.11. The number of thiophene rings is 1. The van der Waals surface area contributed by atoms with Crippen LogP contribution in [0.3, 0.4) is 0 Å². The van der Waals surface area contributed by atoms with Crippen LogP contribution in [0.2, 0.25) is 0 Å². The molecule has 0 spiro atoms. The maximum absolute atomic E-state index is 12.6. The van der Waals surface area contributed by atoms with Gasteiger partial charge in [-0.2, -0.15) is 13.2 Å². The second-order valence-electron chi connectivity index (χ2n) is 3.95. The molecular weight excluding hydrogens is 373 g/mol. The SMILES string of the molecule is O=C(O)c1ccc(C(F)(F)F)nc1NCc1ccc(Br)s1. The molecule has 112 valence electrons. The van der Waals surface area contributed by atoms with E-state index in [9.17, 15) is 18.0 Å². The minimum atomic E-state index is -4.63.